The molecule has 1 atom stereocenters. The van der Waals surface area contributed by atoms with Crippen LogP contribution in [0.4, 0.5) is 4.39 Å². The SMILES string of the molecule is COc1cccc(C(NN)c2cncn2C)c1F. The summed E-state index contributed by atoms with van der Waals surface area (Å²) in [4.78, 5) is 4.00. The molecule has 0 saturated heterocycles. The van der Waals surface area contributed by atoms with Gasteiger partial charge in [0.1, 0.15) is 0 Å². The molecule has 0 bridgehead atoms. The minimum absolute atomic E-state index is 0.190. The molecule has 1 aromatic heterocycles. The number of hydrogen-bond acceptors (Lipinski definition) is 4. The number of methoxy groups -OCH3 is 1. The number of ether oxygens (including phenoxy) is 1. The van der Waals surface area contributed by atoms with Gasteiger partial charge in [0.05, 0.1) is 31.4 Å². The lowest BCUT2D eigenvalue weighted by atomic mass is 10.0. The predicted molar refractivity (Wildman–Crippen MR) is 65.3 cm³/mol. The third kappa shape index (κ3) is 2.07. The van der Waals surface area contributed by atoms with Crippen LogP contribution in [-0.2, 0) is 7.05 Å². The first kappa shape index (κ1) is 12.5. The zero-order chi connectivity index (χ0) is 13.1. The number of halogens is 1. The van der Waals surface area contributed by atoms with Gasteiger partial charge in [0, 0.05) is 12.6 Å². The van der Waals surface area contributed by atoms with E-state index < -0.39 is 11.9 Å². The molecule has 0 aliphatic carbocycles. The van der Waals surface area contributed by atoms with E-state index in [1.54, 1.807) is 35.3 Å². The second-order valence-corrected chi connectivity index (χ2v) is 3.89. The molecule has 1 unspecified atom stereocenters. The summed E-state index contributed by atoms with van der Waals surface area (Å²) in [5.41, 5.74) is 3.78. The Morgan fingerprint density at radius 1 is 1.50 bits per heavy atom. The summed E-state index contributed by atoms with van der Waals surface area (Å²) >= 11 is 0. The van der Waals surface area contributed by atoms with E-state index in [1.807, 2.05) is 7.05 Å². The molecule has 1 heterocycles. The number of imidazole rings is 1. The Bertz CT molecular complexity index is 541. The van der Waals surface area contributed by atoms with Crippen molar-refractivity contribution >= 4 is 0 Å². The molecule has 0 fully saturated rings. The molecule has 0 saturated carbocycles. The highest BCUT2D eigenvalue weighted by atomic mass is 19.1. The summed E-state index contributed by atoms with van der Waals surface area (Å²) in [6, 6.07) is 4.47. The maximum atomic E-state index is 14.2. The minimum atomic E-state index is -0.479. The molecular formula is C12H15FN4O. The fourth-order valence-electron chi connectivity index (χ4n) is 1.89. The lowest BCUT2D eigenvalue weighted by molar-refractivity contribution is 0.381. The van der Waals surface area contributed by atoms with Gasteiger partial charge in [-0.2, -0.15) is 0 Å². The van der Waals surface area contributed by atoms with Crippen LogP contribution in [0.5, 0.6) is 5.75 Å². The first-order valence-corrected chi connectivity index (χ1v) is 5.43. The summed E-state index contributed by atoms with van der Waals surface area (Å²) in [7, 11) is 3.25. The van der Waals surface area contributed by atoms with Crippen LogP contribution in [0.25, 0.3) is 0 Å². The van der Waals surface area contributed by atoms with E-state index >= 15 is 0 Å². The molecule has 96 valence electrons. The second-order valence-electron chi connectivity index (χ2n) is 3.89. The highest BCUT2D eigenvalue weighted by molar-refractivity contribution is 5.36. The Morgan fingerprint density at radius 2 is 2.28 bits per heavy atom. The highest BCUT2D eigenvalue weighted by Gasteiger charge is 2.21. The van der Waals surface area contributed by atoms with Gasteiger partial charge in [-0.1, -0.05) is 12.1 Å². The van der Waals surface area contributed by atoms with Crippen LogP contribution >= 0.6 is 0 Å². The zero-order valence-corrected chi connectivity index (χ0v) is 10.2. The molecule has 0 spiro atoms. The average Bonchev–Trinajstić information content (AvgIpc) is 2.79. The van der Waals surface area contributed by atoms with Crippen LogP contribution in [0.1, 0.15) is 17.3 Å². The molecule has 2 aromatic rings. The third-order valence-electron chi connectivity index (χ3n) is 2.84. The quantitative estimate of drug-likeness (QED) is 0.630. The van der Waals surface area contributed by atoms with E-state index in [4.69, 9.17) is 10.6 Å². The third-order valence-corrected chi connectivity index (χ3v) is 2.84. The molecule has 0 aliphatic heterocycles. The number of nitrogens with two attached hydrogens (primary N) is 1. The Morgan fingerprint density at radius 3 is 2.83 bits per heavy atom. The van der Waals surface area contributed by atoms with Gasteiger partial charge in [-0.25, -0.2) is 14.8 Å². The standard InChI is InChI=1S/C12H15FN4O/c1-17-7-15-6-9(17)12(16-14)8-4-3-5-10(18-2)11(8)13/h3-7,12,16H,14H2,1-2H3. The number of benzene rings is 1. The average molecular weight is 250 g/mol. The predicted octanol–water partition coefficient (Wildman–Crippen LogP) is 1.12. The Hall–Kier alpha value is -1.92. The molecule has 0 amide bonds. The van der Waals surface area contributed by atoms with E-state index in [0.29, 0.717) is 5.56 Å². The van der Waals surface area contributed by atoms with Crippen molar-refractivity contribution in [3.8, 4) is 5.75 Å². The molecule has 2 rings (SSSR count). The molecule has 0 aliphatic rings. The van der Waals surface area contributed by atoms with Crippen molar-refractivity contribution in [3.63, 3.8) is 0 Å². The van der Waals surface area contributed by atoms with Gasteiger partial charge in [0.15, 0.2) is 11.6 Å². The number of hydrazine groups is 1. The van der Waals surface area contributed by atoms with E-state index in [-0.39, 0.29) is 5.75 Å². The van der Waals surface area contributed by atoms with Crippen molar-refractivity contribution in [2.75, 3.05) is 7.11 Å². The Balaban J connectivity index is 2.49. The molecular weight excluding hydrogens is 235 g/mol. The fraction of sp³-hybridized carbons (Fsp3) is 0.250. The first-order chi connectivity index (χ1) is 8.69. The second kappa shape index (κ2) is 5.16. The summed E-state index contributed by atoms with van der Waals surface area (Å²) in [6.07, 6.45) is 3.28. The van der Waals surface area contributed by atoms with Crippen LogP contribution in [0.2, 0.25) is 0 Å². The summed E-state index contributed by atoms with van der Waals surface area (Å²) < 4.78 is 20.9. The highest BCUT2D eigenvalue weighted by Crippen LogP contribution is 2.28. The molecule has 0 radical (unpaired) electrons. The summed E-state index contributed by atoms with van der Waals surface area (Å²) in [5.74, 6) is 5.29. The topological polar surface area (TPSA) is 65.1 Å². The van der Waals surface area contributed by atoms with Crippen molar-refractivity contribution < 1.29 is 9.13 Å². The molecule has 3 N–H and O–H groups in total. The van der Waals surface area contributed by atoms with Crippen molar-refractivity contribution in [1.29, 1.82) is 0 Å². The number of nitrogens with zero attached hydrogens (tertiary/aromatic N) is 2. The first-order valence-electron chi connectivity index (χ1n) is 5.43. The van der Waals surface area contributed by atoms with Crippen LogP contribution in [0, 0.1) is 5.82 Å². The minimum Gasteiger partial charge on any atom is -0.494 e. The summed E-state index contributed by atoms with van der Waals surface area (Å²) in [5, 5.41) is 0. The number of hydrogen-bond donors (Lipinski definition) is 2. The van der Waals surface area contributed by atoms with Crippen molar-refractivity contribution in [1.82, 2.24) is 15.0 Å². The number of aryl methyl sites for hydroxylation is 1. The van der Waals surface area contributed by atoms with Crippen LogP contribution in [0.3, 0.4) is 0 Å². The lowest BCUT2D eigenvalue weighted by Gasteiger charge is -2.18. The number of nitrogens with one attached hydrogen (secondary N) is 1. The monoisotopic (exact) mass is 250 g/mol. The van der Waals surface area contributed by atoms with Gasteiger partial charge in [0.25, 0.3) is 0 Å². The van der Waals surface area contributed by atoms with E-state index in [9.17, 15) is 4.39 Å². The maximum Gasteiger partial charge on any atom is 0.170 e. The van der Waals surface area contributed by atoms with Crippen molar-refractivity contribution in [2.24, 2.45) is 12.9 Å². The van der Waals surface area contributed by atoms with Crippen LogP contribution < -0.4 is 16.0 Å². The number of aromatic nitrogens is 2. The summed E-state index contributed by atoms with van der Waals surface area (Å²) in [6.45, 7) is 0. The van der Waals surface area contributed by atoms with E-state index in [2.05, 4.69) is 10.4 Å². The maximum absolute atomic E-state index is 14.2. The van der Waals surface area contributed by atoms with Gasteiger partial charge in [-0.05, 0) is 6.07 Å². The largest absolute Gasteiger partial charge is 0.494 e. The number of rotatable bonds is 4. The van der Waals surface area contributed by atoms with E-state index in [1.165, 1.54) is 7.11 Å². The molecule has 18 heavy (non-hydrogen) atoms. The molecule has 6 heteroatoms. The van der Waals surface area contributed by atoms with Crippen molar-refractivity contribution in [2.45, 2.75) is 6.04 Å². The lowest BCUT2D eigenvalue weighted by Crippen LogP contribution is -2.30. The normalized spacial score (nSPS) is 12.4. The van der Waals surface area contributed by atoms with Crippen molar-refractivity contribution in [3.05, 3.63) is 47.8 Å². The van der Waals surface area contributed by atoms with Crippen LogP contribution in [0.15, 0.2) is 30.7 Å². The van der Waals surface area contributed by atoms with Gasteiger partial charge in [-0.15, -0.1) is 0 Å². The smallest absolute Gasteiger partial charge is 0.170 e. The zero-order valence-electron chi connectivity index (χ0n) is 10.2. The van der Waals surface area contributed by atoms with Gasteiger partial charge >= 0.3 is 0 Å². The van der Waals surface area contributed by atoms with Gasteiger partial charge in [0.2, 0.25) is 0 Å². The molecule has 1 aromatic carbocycles. The Labute approximate surface area is 104 Å². The van der Waals surface area contributed by atoms with Gasteiger partial charge in [-0.3, -0.25) is 5.84 Å². The molecule has 5 nitrogen and oxygen atoms in total. The van der Waals surface area contributed by atoms with Gasteiger partial charge < -0.3 is 9.30 Å². The Kier molecular flexibility index (Phi) is 3.59. The fourth-order valence-corrected chi connectivity index (χ4v) is 1.89. The van der Waals surface area contributed by atoms with Crippen LogP contribution in [-0.4, -0.2) is 16.7 Å². The van der Waals surface area contributed by atoms with E-state index in [0.717, 1.165) is 5.69 Å².